The lowest BCUT2D eigenvalue weighted by Gasteiger charge is -2.09. The Balaban J connectivity index is 0.802. The van der Waals surface area contributed by atoms with Crippen molar-refractivity contribution in [3.63, 3.8) is 0 Å². The van der Waals surface area contributed by atoms with Crippen molar-refractivity contribution in [1.29, 1.82) is 0 Å². The molecule has 6 aromatic carbocycles. The number of aliphatic imine (C=N–C) groups is 2. The van der Waals surface area contributed by atoms with Crippen LogP contribution in [0.2, 0.25) is 0 Å². The highest BCUT2D eigenvalue weighted by Crippen LogP contribution is 2.23. The number of hydrogen-bond acceptors (Lipinski definition) is 10. The van der Waals surface area contributed by atoms with E-state index in [9.17, 15) is 9.59 Å². The van der Waals surface area contributed by atoms with Gasteiger partial charge in [-0.15, -0.1) is 0 Å². The minimum absolute atomic E-state index is 0.366. The molecule has 10 nitrogen and oxygen atoms in total. The zero-order valence-corrected chi connectivity index (χ0v) is 45.1. The minimum atomic E-state index is -0.422. The number of carbonyl (C=O) groups is 2. The SMILES string of the molecule is CCCCCCCCCCCCOc1ccc(C(=O)Oc2ccc(C=Nc3ccc(OCCOc4ccc(N=Cc5ccc(OC(=O)c6ccc(OCCCCCCCCCCCC)cc6)cc5)cc4)cc3)cc2)cc1. The lowest BCUT2D eigenvalue weighted by atomic mass is 10.1. The largest absolute Gasteiger partial charge is 0.494 e. The average molecular weight is 1030 g/mol. The number of carbonyl (C=O) groups excluding carboxylic acids is 2. The zero-order valence-electron chi connectivity index (χ0n) is 45.1. The molecule has 0 aliphatic heterocycles. The quantitative estimate of drug-likeness (QED) is 0.0164. The fourth-order valence-electron chi connectivity index (χ4n) is 8.38. The van der Waals surface area contributed by atoms with E-state index < -0.39 is 11.9 Å². The maximum absolute atomic E-state index is 12.8. The lowest BCUT2D eigenvalue weighted by molar-refractivity contribution is 0.0725. The third-order valence-electron chi connectivity index (χ3n) is 12.9. The predicted octanol–water partition coefficient (Wildman–Crippen LogP) is 17.7. The summed E-state index contributed by atoms with van der Waals surface area (Å²) in [5.74, 6) is 3.00. The number of ether oxygens (including phenoxy) is 6. The van der Waals surface area contributed by atoms with Gasteiger partial charge >= 0.3 is 11.9 Å². The first kappa shape index (κ1) is 58.1. The highest BCUT2D eigenvalue weighted by molar-refractivity contribution is 5.92. The van der Waals surface area contributed by atoms with E-state index in [0.29, 0.717) is 60.6 Å². The van der Waals surface area contributed by atoms with E-state index in [1.807, 2.05) is 97.1 Å². The number of esters is 2. The van der Waals surface area contributed by atoms with Crippen LogP contribution in [0.1, 0.15) is 174 Å². The molecule has 0 aromatic heterocycles. The van der Waals surface area contributed by atoms with Crippen molar-refractivity contribution in [2.24, 2.45) is 9.98 Å². The van der Waals surface area contributed by atoms with Crippen LogP contribution in [0.3, 0.4) is 0 Å². The van der Waals surface area contributed by atoms with E-state index in [2.05, 4.69) is 23.8 Å². The second kappa shape index (κ2) is 35.1. The molecule has 0 bridgehead atoms. The summed E-state index contributed by atoms with van der Waals surface area (Å²) in [6.07, 6.45) is 29.3. The van der Waals surface area contributed by atoms with Crippen molar-refractivity contribution < 1.29 is 38.0 Å². The number of benzene rings is 6. The molecule has 0 atom stereocenters. The first-order valence-corrected chi connectivity index (χ1v) is 28.1. The summed E-state index contributed by atoms with van der Waals surface area (Å²) in [5.41, 5.74) is 4.21. The van der Waals surface area contributed by atoms with E-state index in [-0.39, 0.29) is 0 Å². The third kappa shape index (κ3) is 23.1. The van der Waals surface area contributed by atoms with E-state index in [1.165, 1.54) is 116 Å². The van der Waals surface area contributed by atoms with Crippen LogP contribution in [0.5, 0.6) is 34.5 Å². The average Bonchev–Trinajstić information content (AvgIpc) is 3.45. The molecule has 0 N–H and O–H groups in total. The summed E-state index contributed by atoms with van der Waals surface area (Å²) in [7, 11) is 0. The molecule has 0 radical (unpaired) electrons. The standard InChI is InChI=1S/C66H80N2O8/c1-3-5-7-9-11-13-15-17-19-21-47-71-59-39-27-55(28-40-59)65(69)75-63-35-23-53(24-36-63)51-67-57-31-43-61(44-32-57)73-49-50-74-62-45-33-58(34-46-62)68-52-54-25-37-64(38-26-54)76-66(70)56-29-41-60(42-30-56)72-48-22-20-18-16-14-12-10-8-6-4-2/h23-46,51-52H,3-22,47-50H2,1-2H3. The van der Waals surface area contributed by atoms with Gasteiger partial charge in [0.2, 0.25) is 0 Å². The first-order chi connectivity index (χ1) is 37.4. The smallest absolute Gasteiger partial charge is 0.343 e. The predicted molar refractivity (Wildman–Crippen MR) is 309 cm³/mol. The van der Waals surface area contributed by atoms with Crippen LogP contribution in [-0.2, 0) is 0 Å². The van der Waals surface area contributed by atoms with Crippen molar-refractivity contribution in [1.82, 2.24) is 0 Å². The van der Waals surface area contributed by atoms with Crippen LogP contribution in [0.4, 0.5) is 11.4 Å². The Kier molecular flexibility index (Phi) is 26.8. The van der Waals surface area contributed by atoms with Gasteiger partial charge in [-0.2, -0.15) is 0 Å². The Hall–Kier alpha value is -7.20. The fraction of sp³-hybridized carbons (Fsp3) is 0.394. The van der Waals surface area contributed by atoms with Gasteiger partial charge < -0.3 is 28.4 Å². The van der Waals surface area contributed by atoms with Crippen LogP contribution in [0.25, 0.3) is 0 Å². The molecule has 0 saturated carbocycles. The molecule has 0 aliphatic carbocycles. The van der Waals surface area contributed by atoms with Gasteiger partial charge in [-0.1, -0.05) is 129 Å². The van der Waals surface area contributed by atoms with Gasteiger partial charge in [0.1, 0.15) is 47.7 Å². The number of hydrogen-bond donors (Lipinski definition) is 0. The van der Waals surface area contributed by atoms with E-state index in [0.717, 1.165) is 46.8 Å². The normalized spacial score (nSPS) is 11.2. The lowest BCUT2D eigenvalue weighted by Crippen LogP contribution is -2.08. The molecular weight excluding hydrogens is 949 g/mol. The van der Waals surface area contributed by atoms with Gasteiger partial charge in [0.25, 0.3) is 0 Å². The van der Waals surface area contributed by atoms with Gasteiger partial charge in [-0.25, -0.2) is 9.59 Å². The summed E-state index contributed by atoms with van der Waals surface area (Å²) in [6.45, 7) is 6.61. The fourth-order valence-corrected chi connectivity index (χ4v) is 8.38. The molecule has 0 amide bonds. The van der Waals surface area contributed by atoms with Crippen molar-refractivity contribution >= 4 is 35.7 Å². The Morgan fingerprint density at radius 1 is 0.316 bits per heavy atom. The van der Waals surface area contributed by atoms with Gasteiger partial charge in [0, 0.05) is 12.4 Å². The molecule has 6 rings (SSSR count). The monoisotopic (exact) mass is 1030 g/mol. The highest BCUT2D eigenvalue weighted by atomic mass is 16.5. The molecule has 0 unspecified atom stereocenters. The van der Waals surface area contributed by atoms with Gasteiger partial charge in [-0.05, 0) is 170 Å². The van der Waals surface area contributed by atoms with Gasteiger partial charge in [0.15, 0.2) is 0 Å². The molecular formula is C66H80N2O8. The minimum Gasteiger partial charge on any atom is -0.494 e. The molecule has 76 heavy (non-hydrogen) atoms. The molecule has 6 aromatic rings. The van der Waals surface area contributed by atoms with Crippen LogP contribution < -0.4 is 28.4 Å². The third-order valence-corrected chi connectivity index (χ3v) is 12.9. The molecule has 402 valence electrons. The molecule has 0 saturated heterocycles. The number of rotatable bonds is 37. The second-order valence-corrected chi connectivity index (χ2v) is 19.2. The maximum Gasteiger partial charge on any atom is 0.343 e. The summed E-state index contributed by atoms with van der Waals surface area (Å²) in [6, 6.07) is 43.7. The topological polar surface area (TPSA) is 114 Å². The molecule has 10 heteroatoms. The Morgan fingerprint density at radius 3 is 0.895 bits per heavy atom. The van der Waals surface area contributed by atoms with Crippen molar-refractivity contribution in [3.8, 4) is 34.5 Å². The van der Waals surface area contributed by atoms with Crippen LogP contribution in [0, 0.1) is 0 Å². The Bertz CT molecular complexity index is 2390. The summed E-state index contributed by atoms with van der Waals surface area (Å²) in [4.78, 5) is 34.8. The number of nitrogens with zero attached hydrogens (tertiary/aromatic N) is 2. The Labute approximate surface area is 452 Å². The number of unbranched alkanes of at least 4 members (excludes halogenated alkanes) is 18. The van der Waals surface area contributed by atoms with Crippen molar-refractivity contribution in [2.75, 3.05) is 26.4 Å². The van der Waals surface area contributed by atoms with Crippen LogP contribution >= 0.6 is 0 Å². The van der Waals surface area contributed by atoms with Crippen LogP contribution in [0.15, 0.2) is 156 Å². The zero-order chi connectivity index (χ0) is 53.1. The first-order valence-electron chi connectivity index (χ1n) is 28.1. The molecule has 0 aliphatic rings. The van der Waals surface area contributed by atoms with E-state index in [4.69, 9.17) is 28.4 Å². The van der Waals surface area contributed by atoms with Crippen molar-refractivity contribution in [3.05, 3.63) is 168 Å². The molecule has 0 spiro atoms. The second-order valence-electron chi connectivity index (χ2n) is 19.2. The summed E-state index contributed by atoms with van der Waals surface area (Å²) >= 11 is 0. The van der Waals surface area contributed by atoms with Gasteiger partial charge in [-0.3, -0.25) is 9.98 Å². The maximum atomic E-state index is 12.8. The van der Waals surface area contributed by atoms with Crippen LogP contribution in [-0.4, -0.2) is 50.8 Å². The Morgan fingerprint density at radius 2 is 0.579 bits per heavy atom. The van der Waals surface area contributed by atoms with Crippen molar-refractivity contribution in [2.45, 2.75) is 142 Å². The van der Waals surface area contributed by atoms with E-state index in [1.54, 1.807) is 61.0 Å². The molecule has 0 heterocycles. The highest BCUT2D eigenvalue weighted by Gasteiger charge is 2.11. The van der Waals surface area contributed by atoms with Gasteiger partial charge in [0.05, 0.1) is 35.7 Å². The molecule has 0 fully saturated rings. The summed E-state index contributed by atoms with van der Waals surface area (Å²) < 4.78 is 34.8. The summed E-state index contributed by atoms with van der Waals surface area (Å²) in [5, 5.41) is 0. The van der Waals surface area contributed by atoms with E-state index >= 15 is 0 Å².